The number of nitrogens with zero attached hydrogens (tertiary/aromatic N) is 3. The second-order valence-corrected chi connectivity index (χ2v) is 5.55. The molecular weight excluding hydrogens is 300 g/mol. The summed E-state index contributed by atoms with van der Waals surface area (Å²) in [7, 11) is 0. The summed E-state index contributed by atoms with van der Waals surface area (Å²) >= 11 is 6.07. The number of hydrogen-bond acceptors (Lipinski definition) is 3. The molecule has 0 atom stereocenters. The van der Waals surface area contributed by atoms with Crippen LogP contribution in [0.4, 0.5) is 0 Å². The second-order valence-electron chi connectivity index (χ2n) is 5.12. The van der Waals surface area contributed by atoms with Gasteiger partial charge in [0.2, 0.25) is 0 Å². The quantitative estimate of drug-likeness (QED) is 0.587. The van der Waals surface area contributed by atoms with E-state index >= 15 is 0 Å². The van der Waals surface area contributed by atoms with E-state index in [9.17, 15) is 4.79 Å². The molecule has 0 radical (unpaired) electrons. The van der Waals surface area contributed by atoms with Gasteiger partial charge in [0.05, 0.1) is 22.1 Å². The normalized spacial score (nSPS) is 11.4. The number of hydrogen-bond donors (Lipinski definition) is 1. The number of aromatic nitrogens is 4. The summed E-state index contributed by atoms with van der Waals surface area (Å²) in [6.45, 7) is 1.88. The molecule has 6 heteroatoms. The predicted octanol–water partition coefficient (Wildman–Crippen LogP) is 3.22. The third-order valence-electron chi connectivity index (χ3n) is 3.63. The number of benzene rings is 1. The molecule has 108 valence electrons. The van der Waals surface area contributed by atoms with Crippen molar-refractivity contribution in [3.63, 3.8) is 0 Å². The summed E-state index contributed by atoms with van der Waals surface area (Å²) in [6, 6.07) is 9.06. The first-order valence-corrected chi connectivity index (χ1v) is 7.13. The molecule has 0 saturated carbocycles. The molecule has 5 nitrogen and oxygen atoms in total. The molecule has 1 aromatic carbocycles. The molecule has 0 spiro atoms. The van der Waals surface area contributed by atoms with Crippen LogP contribution >= 0.6 is 11.6 Å². The zero-order valence-corrected chi connectivity index (χ0v) is 12.4. The van der Waals surface area contributed by atoms with Gasteiger partial charge in [-0.15, -0.1) is 0 Å². The number of pyridine rings is 2. The third kappa shape index (κ3) is 1.90. The van der Waals surface area contributed by atoms with Gasteiger partial charge in [0.1, 0.15) is 0 Å². The molecule has 4 rings (SSSR count). The van der Waals surface area contributed by atoms with Crippen LogP contribution in [0, 0.1) is 6.92 Å². The van der Waals surface area contributed by atoms with Crippen LogP contribution in [0.25, 0.3) is 27.5 Å². The van der Waals surface area contributed by atoms with Gasteiger partial charge in [0.15, 0.2) is 0 Å². The lowest BCUT2D eigenvalue weighted by Gasteiger charge is -2.01. The molecule has 0 bridgehead atoms. The second kappa shape index (κ2) is 4.68. The average Bonchev–Trinajstić information content (AvgIpc) is 2.85. The van der Waals surface area contributed by atoms with Crippen molar-refractivity contribution < 1.29 is 0 Å². The van der Waals surface area contributed by atoms with Crippen LogP contribution in [0.3, 0.4) is 0 Å². The Labute approximate surface area is 130 Å². The van der Waals surface area contributed by atoms with Crippen molar-refractivity contribution in [1.29, 1.82) is 0 Å². The Bertz CT molecular complexity index is 1080. The fourth-order valence-corrected chi connectivity index (χ4v) is 2.75. The zero-order valence-electron chi connectivity index (χ0n) is 11.7. The number of aromatic amines is 1. The maximum Gasteiger partial charge on any atom is 0.280 e. The Morgan fingerprint density at radius 1 is 1.14 bits per heavy atom. The van der Waals surface area contributed by atoms with Crippen LogP contribution in [0.2, 0.25) is 5.02 Å². The van der Waals surface area contributed by atoms with Gasteiger partial charge in [0, 0.05) is 28.5 Å². The fraction of sp³-hybridized carbons (Fsp3) is 0.0625. The number of H-pyrrole nitrogens is 1. The maximum absolute atomic E-state index is 12.6. The van der Waals surface area contributed by atoms with E-state index in [2.05, 4.69) is 15.1 Å². The van der Waals surface area contributed by atoms with E-state index < -0.39 is 0 Å². The number of aryl methyl sites for hydroxylation is 1. The number of rotatable bonds is 1. The minimum Gasteiger partial charge on any atom is -0.290 e. The standard InChI is InChI=1S/C16H11ClN4O/c1-9-6-11(4-5-18-9)21-16(22)13-8-19-14-3-2-10(17)7-12(14)15(13)20-21/h2-8,20H,1H3. The summed E-state index contributed by atoms with van der Waals surface area (Å²) in [6.07, 6.45) is 3.27. The minimum atomic E-state index is -0.144. The summed E-state index contributed by atoms with van der Waals surface area (Å²) in [5.74, 6) is 0. The highest BCUT2D eigenvalue weighted by Crippen LogP contribution is 2.24. The van der Waals surface area contributed by atoms with Gasteiger partial charge in [-0.2, -0.15) is 0 Å². The molecule has 22 heavy (non-hydrogen) atoms. The first kappa shape index (κ1) is 13.0. The maximum atomic E-state index is 12.6. The van der Waals surface area contributed by atoms with E-state index in [1.165, 1.54) is 4.68 Å². The van der Waals surface area contributed by atoms with Crippen molar-refractivity contribution in [2.45, 2.75) is 6.92 Å². The molecule has 4 aromatic rings. The van der Waals surface area contributed by atoms with E-state index in [0.29, 0.717) is 10.4 Å². The zero-order chi connectivity index (χ0) is 15.3. The van der Waals surface area contributed by atoms with E-state index in [4.69, 9.17) is 11.6 Å². The smallest absolute Gasteiger partial charge is 0.280 e. The summed E-state index contributed by atoms with van der Waals surface area (Å²) in [5.41, 5.74) is 2.95. The van der Waals surface area contributed by atoms with E-state index in [-0.39, 0.29) is 5.56 Å². The van der Waals surface area contributed by atoms with Crippen molar-refractivity contribution in [1.82, 2.24) is 19.7 Å². The number of fused-ring (bicyclic) bond motifs is 3. The lowest BCUT2D eigenvalue weighted by atomic mass is 10.2. The van der Waals surface area contributed by atoms with Gasteiger partial charge in [-0.3, -0.25) is 19.9 Å². The first-order valence-electron chi connectivity index (χ1n) is 6.75. The molecule has 3 aromatic heterocycles. The van der Waals surface area contributed by atoms with Crippen molar-refractivity contribution in [3.05, 3.63) is 63.8 Å². The summed E-state index contributed by atoms with van der Waals surface area (Å²) in [5, 5.41) is 5.12. The minimum absolute atomic E-state index is 0.144. The van der Waals surface area contributed by atoms with Gasteiger partial charge in [-0.1, -0.05) is 11.6 Å². The number of halogens is 1. The van der Waals surface area contributed by atoms with Crippen molar-refractivity contribution in [2.75, 3.05) is 0 Å². The Morgan fingerprint density at radius 2 is 2.00 bits per heavy atom. The Balaban J connectivity index is 2.10. The summed E-state index contributed by atoms with van der Waals surface area (Å²) in [4.78, 5) is 21.1. The molecule has 0 unspecified atom stereocenters. The largest absolute Gasteiger partial charge is 0.290 e. The van der Waals surface area contributed by atoms with Crippen LogP contribution in [0.15, 0.2) is 47.5 Å². The predicted molar refractivity (Wildman–Crippen MR) is 86.7 cm³/mol. The van der Waals surface area contributed by atoms with E-state index in [1.807, 2.05) is 25.1 Å². The van der Waals surface area contributed by atoms with Crippen molar-refractivity contribution >= 4 is 33.4 Å². The molecule has 0 amide bonds. The SMILES string of the molecule is Cc1cc(-n2[nH]c3c(cnc4ccc(Cl)cc43)c2=O)ccn1. The summed E-state index contributed by atoms with van der Waals surface area (Å²) < 4.78 is 1.50. The van der Waals surface area contributed by atoms with Gasteiger partial charge < -0.3 is 0 Å². The molecule has 0 saturated heterocycles. The van der Waals surface area contributed by atoms with Crippen LogP contribution < -0.4 is 5.56 Å². The molecule has 0 fully saturated rings. The average molecular weight is 311 g/mol. The fourth-order valence-electron chi connectivity index (χ4n) is 2.58. The van der Waals surface area contributed by atoms with Gasteiger partial charge in [-0.25, -0.2) is 4.68 Å². The third-order valence-corrected chi connectivity index (χ3v) is 3.86. The van der Waals surface area contributed by atoms with Gasteiger partial charge in [0.25, 0.3) is 5.56 Å². The molecular formula is C16H11ClN4O. The Kier molecular flexibility index (Phi) is 2.77. The highest BCUT2D eigenvalue weighted by atomic mass is 35.5. The first-order chi connectivity index (χ1) is 10.6. The van der Waals surface area contributed by atoms with Crippen molar-refractivity contribution in [3.8, 4) is 5.69 Å². The topological polar surface area (TPSA) is 63.6 Å². The van der Waals surface area contributed by atoms with Crippen LogP contribution in [0.5, 0.6) is 0 Å². The molecule has 3 heterocycles. The van der Waals surface area contributed by atoms with Crippen LogP contribution in [-0.4, -0.2) is 19.7 Å². The highest BCUT2D eigenvalue weighted by Gasteiger charge is 2.12. The van der Waals surface area contributed by atoms with Crippen molar-refractivity contribution in [2.24, 2.45) is 0 Å². The Hall–Kier alpha value is -2.66. The molecule has 0 aliphatic carbocycles. The monoisotopic (exact) mass is 310 g/mol. The van der Waals surface area contributed by atoms with Crippen LogP contribution in [0.1, 0.15) is 5.69 Å². The molecule has 0 aliphatic rings. The van der Waals surface area contributed by atoms with E-state index in [1.54, 1.807) is 24.5 Å². The number of nitrogens with one attached hydrogen (secondary N) is 1. The van der Waals surface area contributed by atoms with Gasteiger partial charge >= 0.3 is 0 Å². The highest BCUT2D eigenvalue weighted by molar-refractivity contribution is 6.31. The lowest BCUT2D eigenvalue weighted by molar-refractivity contribution is 0.859. The molecule has 0 aliphatic heterocycles. The van der Waals surface area contributed by atoms with Gasteiger partial charge in [-0.05, 0) is 37.3 Å². The van der Waals surface area contributed by atoms with E-state index in [0.717, 1.165) is 27.8 Å². The van der Waals surface area contributed by atoms with Crippen LogP contribution in [-0.2, 0) is 0 Å². The Morgan fingerprint density at radius 3 is 2.82 bits per heavy atom. The lowest BCUT2D eigenvalue weighted by Crippen LogP contribution is -2.14. The molecule has 1 N–H and O–H groups in total.